The number of carbonyl (C=O) groups is 2. The molecule has 0 spiro atoms. The molecule has 0 bridgehead atoms. The summed E-state index contributed by atoms with van der Waals surface area (Å²) in [6.07, 6.45) is 1.48. The number of aryl methyl sites for hydroxylation is 1. The molecular weight excluding hydrogens is 364 g/mol. The van der Waals surface area contributed by atoms with Crippen LogP contribution in [0.5, 0.6) is 23.0 Å². The first-order valence-electron chi connectivity index (χ1n) is 9.00. The summed E-state index contributed by atoms with van der Waals surface area (Å²) in [6, 6.07) is 4.89. The fraction of sp³-hybridized carbons (Fsp3) is 0.333. The van der Waals surface area contributed by atoms with Crippen LogP contribution in [-0.2, 0) is 12.8 Å². The zero-order chi connectivity index (χ0) is 21.0. The number of esters is 1. The van der Waals surface area contributed by atoms with Gasteiger partial charge in [0, 0.05) is 12.1 Å². The van der Waals surface area contributed by atoms with Gasteiger partial charge in [-0.1, -0.05) is 27.2 Å². The molecule has 2 rings (SSSR count). The van der Waals surface area contributed by atoms with E-state index in [1.165, 1.54) is 12.1 Å². The summed E-state index contributed by atoms with van der Waals surface area (Å²) in [6.45, 7) is 5.68. The number of aromatic carboxylic acids is 1. The maximum absolute atomic E-state index is 12.6. The first kappa shape index (κ1) is 21.1. The Morgan fingerprint density at radius 1 is 0.964 bits per heavy atom. The predicted molar refractivity (Wildman–Crippen MR) is 102 cm³/mol. The van der Waals surface area contributed by atoms with Crippen molar-refractivity contribution in [3.63, 3.8) is 0 Å². The van der Waals surface area contributed by atoms with Gasteiger partial charge in [0.25, 0.3) is 0 Å². The van der Waals surface area contributed by atoms with Crippen LogP contribution in [0.1, 0.15) is 59.0 Å². The van der Waals surface area contributed by atoms with Crippen molar-refractivity contribution in [3.05, 3.63) is 46.5 Å². The van der Waals surface area contributed by atoms with E-state index in [2.05, 4.69) is 0 Å². The Labute approximate surface area is 162 Å². The average molecular weight is 388 g/mol. The van der Waals surface area contributed by atoms with Crippen LogP contribution in [-0.4, -0.2) is 32.4 Å². The molecule has 0 saturated heterocycles. The normalized spacial score (nSPS) is 10.9. The average Bonchev–Trinajstić information content (AvgIpc) is 2.52. The summed E-state index contributed by atoms with van der Waals surface area (Å²) in [5.41, 5.74) is 0.465. The molecule has 2 aromatic rings. The van der Waals surface area contributed by atoms with Crippen molar-refractivity contribution in [2.24, 2.45) is 5.92 Å². The van der Waals surface area contributed by atoms with Crippen LogP contribution >= 0.6 is 0 Å². The number of carboxylic acids is 1. The second-order valence-corrected chi connectivity index (χ2v) is 7.02. The van der Waals surface area contributed by atoms with Crippen LogP contribution in [0.4, 0.5) is 0 Å². The van der Waals surface area contributed by atoms with Crippen molar-refractivity contribution in [2.75, 3.05) is 0 Å². The van der Waals surface area contributed by atoms with Crippen molar-refractivity contribution in [2.45, 2.75) is 40.0 Å². The van der Waals surface area contributed by atoms with Gasteiger partial charge in [0.1, 0.15) is 34.1 Å². The molecule has 4 N–H and O–H groups in total. The van der Waals surface area contributed by atoms with E-state index < -0.39 is 23.4 Å². The van der Waals surface area contributed by atoms with Gasteiger partial charge in [-0.2, -0.15) is 0 Å². The third-order valence-electron chi connectivity index (χ3n) is 4.13. The summed E-state index contributed by atoms with van der Waals surface area (Å²) >= 11 is 0. The summed E-state index contributed by atoms with van der Waals surface area (Å²) in [4.78, 5) is 24.1. The van der Waals surface area contributed by atoms with Crippen LogP contribution in [0.25, 0.3) is 0 Å². The number of ether oxygens (including phenoxy) is 1. The molecule has 0 heterocycles. The second-order valence-electron chi connectivity index (χ2n) is 7.02. The third-order valence-corrected chi connectivity index (χ3v) is 4.13. The second kappa shape index (κ2) is 8.65. The highest BCUT2D eigenvalue weighted by Gasteiger charge is 2.23. The van der Waals surface area contributed by atoms with Crippen LogP contribution in [0.3, 0.4) is 0 Å². The Bertz CT molecular complexity index is 900. The molecule has 0 aliphatic rings. The first-order valence-corrected chi connectivity index (χ1v) is 9.00. The quantitative estimate of drug-likeness (QED) is 0.419. The van der Waals surface area contributed by atoms with Gasteiger partial charge in [0.05, 0.1) is 0 Å². The minimum Gasteiger partial charge on any atom is -0.508 e. The SMILES string of the molecule is CCCc1cc(O)cc(O)c1C(=O)Oc1cc(O)c(C(=O)O)c(CC(C)C)c1. The van der Waals surface area contributed by atoms with Crippen LogP contribution in [0.15, 0.2) is 24.3 Å². The highest BCUT2D eigenvalue weighted by Crippen LogP contribution is 2.33. The lowest BCUT2D eigenvalue weighted by atomic mass is 9.97. The molecule has 0 fully saturated rings. The van der Waals surface area contributed by atoms with E-state index in [1.54, 1.807) is 0 Å². The summed E-state index contributed by atoms with van der Waals surface area (Å²) in [7, 11) is 0. The molecule has 0 atom stereocenters. The summed E-state index contributed by atoms with van der Waals surface area (Å²) < 4.78 is 5.31. The fourth-order valence-corrected chi connectivity index (χ4v) is 3.09. The van der Waals surface area contributed by atoms with E-state index in [9.17, 15) is 30.0 Å². The molecular formula is C21H24O7. The Morgan fingerprint density at radius 3 is 2.18 bits per heavy atom. The molecule has 7 nitrogen and oxygen atoms in total. The zero-order valence-corrected chi connectivity index (χ0v) is 16.0. The molecule has 0 amide bonds. The van der Waals surface area contributed by atoms with Crippen molar-refractivity contribution in [3.8, 4) is 23.0 Å². The van der Waals surface area contributed by atoms with Crippen LogP contribution < -0.4 is 4.74 Å². The standard InChI is InChI=1S/C21H24O7/c1-4-5-12-7-14(22)9-16(23)19(12)21(27)28-15-8-13(6-11(2)3)18(20(25)26)17(24)10-15/h7-11,22-24H,4-6H2,1-3H3,(H,25,26). The Balaban J connectivity index is 2.45. The molecule has 0 radical (unpaired) electrons. The molecule has 0 aromatic heterocycles. The highest BCUT2D eigenvalue weighted by atomic mass is 16.5. The van der Waals surface area contributed by atoms with Gasteiger partial charge in [-0.15, -0.1) is 0 Å². The number of benzene rings is 2. The molecule has 150 valence electrons. The summed E-state index contributed by atoms with van der Waals surface area (Å²) in [5.74, 6) is -3.13. The van der Waals surface area contributed by atoms with Crippen molar-refractivity contribution >= 4 is 11.9 Å². The van der Waals surface area contributed by atoms with E-state index in [1.807, 2.05) is 20.8 Å². The number of aromatic hydroxyl groups is 3. The van der Waals surface area contributed by atoms with Gasteiger partial charge in [-0.05, 0) is 42.0 Å². The van der Waals surface area contributed by atoms with Gasteiger partial charge in [-0.3, -0.25) is 0 Å². The van der Waals surface area contributed by atoms with E-state index in [0.29, 0.717) is 30.4 Å². The number of hydrogen-bond acceptors (Lipinski definition) is 6. The van der Waals surface area contributed by atoms with Gasteiger partial charge in [-0.25, -0.2) is 9.59 Å². The van der Waals surface area contributed by atoms with E-state index in [-0.39, 0.29) is 28.5 Å². The number of phenolic OH excluding ortho intramolecular Hbond substituents is 2. The van der Waals surface area contributed by atoms with Gasteiger partial charge < -0.3 is 25.2 Å². The lowest BCUT2D eigenvalue weighted by Crippen LogP contribution is -2.13. The van der Waals surface area contributed by atoms with Crippen molar-refractivity contribution in [1.82, 2.24) is 0 Å². The molecule has 0 unspecified atom stereocenters. The maximum Gasteiger partial charge on any atom is 0.347 e. The highest BCUT2D eigenvalue weighted by molar-refractivity contribution is 5.96. The number of hydrogen-bond donors (Lipinski definition) is 4. The molecule has 28 heavy (non-hydrogen) atoms. The van der Waals surface area contributed by atoms with Gasteiger partial charge >= 0.3 is 11.9 Å². The van der Waals surface area contributed by atoms with E-state index >= 15 is 0 Å². The lowest BCUT2D eigenvalue weighted by Gasteiger charge is -2.15. The Kier molecular flexibility index (Phi) is 6.51. The minimum absolute atomic E-state index is 0.0296. The molecule has 0 aliphatic carbocycles. The topological polar surface area (TPSA) is 124 Å². The molecule has 0 aliphatic heterocycles. The van der Waals surface area contributed by atoms with Gasteiger partial charge in [0.2, 0.25) is 0 Å². The Morgan fingerprint density at radius 2 is 1.61 bits per heavy atom. The molecule has 2 aromatic carbocycles. The zero-order valence-electron chi connectivity index (χ0n) is 16.0. The third kappa shape index (κ3) is 4.73. The predicted octanol–water partition coefficient (Wildman–Crippen LogP) is 3.87. The van der Waals surface area contributed by atoms with Crippen LogP contribution in [0.2, 0.25) is 0 Å². The monoisotopic (exact) mass is 388 g/mol. The fourth-order valence-electron chi connectivity index (χ4n) is 3.09. The lowest BCUT2D eigenvalue weighted by molar-refractivity contribution is 0.0692. The van der Waals surface area contributed by atoms with Crippen molar-refractivity contribution in [1.29, 1.82) is 0 Å². The largest absolute Gasteiger partial charge is 0.508 e. The first-order chi connectivity index (χ1) is 13.1. The number of rotatable bonds is 7. The number of carboxylic acid groups (broad SMARTS) is 1. The number of phenols is 3. The molecule has 7 heteroatoms. The number of carbonyl (C=O) groups excluding carboxylic acids is 1. The summed E-state index contributed by atoms with van der Waals surface area (Å²) in [5, 5.41) is 39.2. The molecule has 0 saturated carbocycles. The van der Waals surface area contributed by atoms with Crippen molar-refractivity contribution < 1.29 is 34.8 Å². The minimum atomic E-state index is -1.27. The van der Waals surface area contributed by atoms with Crippen LogP contribution in [0, 0.1) is 5.92 Å². The maximum atomic E-state index is 12.6. The smallest absolute Gasteiger partial charge is 0.347 e. The van der Waals surface area contributed by atoms with Gasteiger partial charge in [0.15, 0.2) is 0 Å². The van der Waals surface area contributed by atoms with E-state index in [0.717, 1.165) is 12.1 Å². The Hall–Kier alpha value is -3.22. The van der Waals surface area contributed by atoms with E-state index in [4.69, 9.17) is 4.74 Å².